The molecular weight excluding hydrogens is 304 g/mol. The smallest absolute Gasteiger partial charge is 0.310 e. The minimum atomic E-state index is -0.899. The largest absolute Gasteiger partial charge is 0.486 e. The minimum Gasteiger partial charge on any atom is -0.486 e. The van der Waals surface area contributed by atoms with Crippen molar-refractivity contribution in [1.29, 1.82) is 0 Å². The van der Waals surface area contributed by atoms with Crippen LogP contribution in [-0.4, -0.2) is 46.5 Å². The summed E-state index contributed by atoms with van der Waals surface area (Å²) in [6.45, 7) is 2.41. The van der Waals surface area contributed by atoms with Gasteiger partial charge in [-0.05, 0) is 12.0 Å². The number of nitro groups is 1. The van der Waals surface area contributed by atoms with Crippen LogP contribution >= 0.6 is 0 Å². The van der Waals surface area contributed by atoms with Crippen molar-refractivity contribution in [1.82, 2.24) is 4.90 Å². The van der Waals surface area contributed by atoms with Crippen LogP contribution in [0.3, 0.4) is 0 Å². The Balaban J connectivity index is 1.87. The van der Waals surface area contributed by atoms with Gasteiger partial charge in [0.2, 0.25) is 5.91 Å². The lowest BCUT2D eigenvalue weighted by Gasteiger charge is -2.16. The van der Waals surface area contributed by atoms with E-state index in [0.717, 1.165) is 0 Å². The number of carbonyl (C=O) groups is 2. The molecule has 0 unspecified atom stereocenters. The molecule has 1 amide bonds. The van der Waals surface area contributed by atoms with Crippen LogP contribution in [0, 0.1) is 22.0 Å². The molecule has 0 radical (unpaired) electrons. The lowest BCUT2D eigenvalue weighted by atomic mass is 9.99. The van der Waals surface area contributed by atoms with E-state index in [1.54, 1.807) is 13.0 Å². The van der Waals surface area contributed by atoms with Gasteiger partial charge in [0, 0.05) is 19.2 Å². The molecule has 0 bridgehead atoms. The third-order valence-electron chi connectivity index (χ3n) is 3.92. The maximum absolute atomic E-state index is 12.1. The second-order valence-corrected chi connectivity index (χ2v) is 5.54. The first-order valence-corrected chi connectivity index (χ1v) is 7.27. The fourth-order valence-electron chi connectivity index (χ4n) is 2.63. The van der Waals surface area contributed by atoms with E-state index in [-0.39, 0.29) is 42.8 Å². The molecule has 1 saturated heterocycles. The Hall–Kier alpha value is -2.64. The number of hydrogen-bond acceptors (Lipinski definition) is 5. The molecule has 0 saturated carbocycles. The standard InChI is InChI=1S/C15H18N2O6/c1-10-8-16(9-11(10)15(19)20)14(18)6-7-23-13-5-3-2-4-12(13)17(21)22/h2-5,10-11H,6-9H2,1H3,(H,19,20)/t10-,11-/m1/s1. The van der Waals surface area contributed by atoms with E-state index in [4.69, 9.17) is 9.84 Å². The Morgan fingerprint density at radius 2 is 2.09 bits per heavy atom. The molecule has 1 aliphatic rings. The summed E-state index contributed by atoms with van der Waals surface area (Å²) >= 11 is 0. The van der Waals surface area contributed by atoms with Crippen LogP contribution in [0.25, 0.3) is 0 Å². The van der Waals surface area contributed by atoms with Crippen molar-refractivity contribution in [2.45, 2.75) is 13.3 Å². The molecule has 23 heavy (non-hydrogen) atoms. The van der Waals surface area contributed by atoms with Gasteiger partial charge < -0.3 is 14.7 Å². The van der Waals surface area contributed by atoms with Crippen LogP contribution in [0.2, 0.25) is 0 Å². The average molecular weight is 322 g/mol. The van der Waals surface area contributed by atoms with E-state index < -0.39 is 16.8 Å². The molecular formula is C15H18N2O6. The Kier molecular flexibility index (Phi) is 5.15. The zero-order valence-electron chi connectivity index (χ0n) is 12.7. The molecule has 1 aromatic rings. The van der Waals surface area contributed by atoms with E-state index in [9.17, 15) is 19.7 Å². The quantitative estimate of drug-likeness (QED) is 0.628. The second kappa shape index (κ2) is 7.08. The molecule has 0 aliphatic carbocycles. The summed E-state index contributed by atoms with van der Waals surface area (Å²) in [7, 11) is 0. The highest BCUT2D eigenvalue weighted by Crippen LogP contribution is 2.26. The number of aliphatic carboxylic acids is 1. The summed E-state index contributed by atoms with van der Waals surface area (Å²) in [4.78, 5) is 35.0. The zero-order chi connectivity index (χ0) is 17.0. The van der Waals surface area contributed by atoms with Gasteiger partial charge in [-0.3, -0.25) is 19.7 Å². The van der Waals surface area contributed by atoms with Crippen molar-refractivity contribution in [3.05, 3.63) is 34.4 Å². The van der Waals surface area contributed by atoms with Gasteiger partial charge in [0.05, 0.1) is 23.9 Å². The molecule has 0 aromatic heterocycles. The van der Waals surface area contributed by atoms with E-state index in [2.05, 4.69) is 0 Å². The predicted octanol–water partition coefficient (Wildman–Crippen LogP) is 1.54. The molecule has 1 aromatic carbocycles. The van der Waals surface area contributed by atoms with Crippen molar-refractivity contribution in [2.75, 3.05) is 19.7 Å². The molecule has 2 atom stereocenters. The van der Waals surface area contributed by atoms with Crippen LogP contribution < -0.4 is 4.74 Å². The van der Waals surface area contributed by atoms with Crippen LogP contribution in [0.4, 0.5) is 5.69 Å². The van der Waals surface area contributed by atoms with Gasteiger partial charge in [-0.2, -0.15) is 0 Å². The molecule has 1 fully saturated rings. The number of nitrogens with zero attached hydrogens (tertiary/aromatic N) is 2. The maximum Gasteiger partial charge on any atom is 0.310 e. The van der Waals surface area contributed by atoms with E-state index in [0.29, 0.717) is 6.54 Å². The highest BCUT2D eigenvalue weighted by Gasteiger charge is 2.36. The number of para-hydroxylation sites is 2. The number of hydrogen-bond donors (Lipinski definition) is 1. The van der Waals surface area contributed by atoms with Gasteiger partial charge in [-0.15, -0.1) is 0 Å². The van der Waals surface area contributed by atoms with Gasteiger partial charge in [0.25, 0.3) is 0 Å². The van der Waals surface area contributed by atoms with Gasteiger partial charge in [0.1, 0.15) is 0 Å². The molecule has 1 N–H and O–H groups in total. The number of amides is 1. The first kappa shape index (κ1) is 16.7. The number of rotatable bonds is 6. The number of ether oxygens (including phenoxy) is 1. The van der Waals surface area contributed by atoms with Crippen molar-refractivity contribution < 1.29 is 24.4 Å². The first-order chi connectivity index (χ1) is 10.9. The number of nitro benzene ring substituents is 1. The van der Waals surface area contributed by atoms with Gasteiger partial charge >= 0.3 is 11.7 Å². The first-order valence-electron chi connectivity index (χ1n) is 7.27. The third kappa shape index (κ3) is 3.97. The van der Waals surface area contributed by atoms with Crippen molar-refractivity contribution in [3.8, 4) is 5.75 Å². The van der Waals surface area contributed by atoms with Crippen molar-refractivity contribution in [2.24, 2.45) is 11.8 Å². The molecule has 1 aliphatic heterocycles. The van der Waals surface area contributed by atoms with Crippen LogP contribution in [-0.2, 0) is 9.59 Å². The Morgan fingerprint density at radius 1 is 1.39 bits per heavy atom. The lowest BCUT2D eigenvalue weighted by molar-refractivity contribution is -0.385. The van der Waals surface area contributed by atoms with Crippen molar-refractivity contribution in [3.63, 3.8) is 0 Å². The average Bonchev–Trinajstić information content (AvgIpc) is 2.89. The molecule has 1 heterocycles. The Bertz CT molecular complexity index is 618. The number of benzene rings is 1. The zero-order valence-corrected chi connectivity index (χ0v) is 12.7. The lowest BCUT2D eigenvalue weighted by Crippen LogP contribution is -2.30. The normalized spacial score (nSPS) is 20.3. The summed E-state index contributed by atoms with van der Waals surface area (Å²) in [5.74, 6) is -1.63. The SMILES string of the molecule is C[C@@H]1CN(C(=O)CCOc2ccccc2[N+](=O)[O-])C[C@H]1C(=O)O. The van der Waals surface area contributed by atoms with Gasteiger partial charge in [-0.25, -0.2) is 0 Å². The summed E-state index contributed by atoms with van der Waals surface area (Å²) in [5, 5.41) is 19.9. The fourth-order valence-corrected chi connectivity index (χ4v) is 2.63. The Labute approximate surface area is 132 Å². The van der Waals surface area contributed by atoms with Crippen molar-refractivity contribution >= 4 is 17.6 Å². The van der Waals surface area contributed by atoms with Crippen LogP contribution in [0.15, 0.2) is 24.3 Å². The highest BCUT2D eigenvalue weighted by molar-refractivity contribution is 5.79. The van der Waals surface area contributed by atoms with E-state index in [1.807, 2.05) is 0 Å². The van der Waals surface area contributed by atoms with E-state index in [1.165, 1.54) is 23.1 Å². The van der Waals surface area contributed by atoms with Gasteiger partial charge in [-0.1, -0.05) is 19.1 Å². The number of carbonyl (C=O) groups excluding carboxylic acids is 1. The summed E-state index contributed by atoms with van der Waals surface area (Å²) in [5.41, 5.74) is -0.152. The second-order valence-electron chi connectivity index (χ2n) is 5.54. The number of carboxylic acid groups (broad SMARTS) is 1. The molecule has 8 nitrogen and oxygen atoms in total. The number of likely N-dealkylation sites (tertiary alicyclic amines) is 1. The van der Waals surface area contributed by atoms with Crippen LogP contribution in [0.5, 0.6) is 5.75 Å². The van der Waals surface area contributed by atoms with Crippen LogP contribution in [0.1, 0.15) is 13.3 Å². The fraction of sp³-hybridized carbons (Fsp3) is 0.467. The highest BCUT2D eigenvalue weighted by atomic mass is 16.6. The minimum absolute atomic E-state index is 0.00626. The Morgan fingerprint density at radius 3 is 2.70 bits per heavy atom. The monoisotopic (exact) mass is 322 g/mol. The van der Waals surface area contributed by atoms with E-state index >= 15 is 0 Å². The summed E-state index contributed by atoms with van der Waals surface area (Å²) in [6, 6.07) is 5.95. The third-order valence-corrected chi connectivity index (χ3v) is 3.92. The molecule has 124 valence electrons. The molecule has 2 rings (SSSR count). The molecule has 8 heteroatoms. The summed E-state index contributed by atoms with van der Waals surface area (Å²) < 4.78 is 5.32. The molecule has 0 spiro atoms. The topological polar surface area (TPSA) is 110 Å². The maximum atomic E-state index is 12.1. The summed E-state index contributed by atoms with van der Waals surface area (Å²) in [6.07, 6.45) is 0.0467. The van der Waals surface area contributed by atoms with Gasteiger partial charge in [0.15, 0.2) is 5.75 Å². The number of carboxylic acids is 1. The predicted molar refractivity (Wildman–Crippen MR) is 80.1 cm³/mol.